The van der Waals surface area contributed by atoms with Crippen LogP contribution >= 0.6 is 0 Å². The fourth-order valence-electron chi connectivity index (χ4n) is 2.99. The molecule has 0 spiro atoms. The Morgan fingerprint density at radius 2 is 2.00 bits per heavy atom. The number of amides is 2. The molecule has 1 aliphatic heterocycles. The average Bonchev–Trinajstić information content (AvgIpc) is 3.16. The number of nitro benzene ring substituents is 1. The molecule has 3 rings (SSSR count). The summed E-state index contributed by atoms with van der Waals surface area (Å²) in [6.07, 6.45) is 1.52. The van der Waals surface area contributed by atoms with Crippen molar-refractivity contribution in [2.45, 2.75) is 11.4 Å². The predicted octanol–water partition coefficient (Wildman–Crippen LogP) is -0.0520. The summed E-state index contributed by atoms with van der Waals surface area (Å²) >= 11 is 0. The normalized spacial score (nSPS) is 15.1. The SMILES string of the molecule is COc1ccc(S(=O)(=O)N2CCN(C(=O)NCc3nncn3C)CC2)cc1[N+](=O)[O-]. The van der Waals surface area contributed by atoms with Crippen LogP contribution in [0.5, 0.6) is 5.75 Å². The average molecular weight is 439 g/mol. The summed E-state index contributed by atoms with van der Waals surface area (Å²) in [5.41, 5.74) is -0.430. The molecular formula is C16H21N7O6S. The zero-order valence-electron chi connectivity index (χ0n) is 16.4. The summed E-state index contributed by atoms with van der Waals surface area (Å²) < 4.78 is 33.5. The summed E-state index contributed by atoms with van der Waals surface area (Å²) in [5.74, 6) is 0.564. The second kappa shape index (κ2) is 8.62. The number of methoxy groups -OCH3 is 1. The number of piperazine rings is 1. The predicted molar refractivity (Wildman–Crippen MR) is 103 cm³/mol. The molecule has 1 aromatic carbocycles. The van der Waals surface area contributed by atoms with Crippen molar-refractivity contribution in [1.82, 2.24) is 29.3 Å². The maximum absolute atomic E-state index is 12.9. The minimum atomic E-state index is -3.95. The Balaban J connectivity index is 1.63. The van der Waals surface area contributed by atoms with Crippen LogP contribution in [0.3, 0.4) is 0 Å². The van der Waals surface area contributed by atoms with Gasteiger partial charge in [-0.15, -0.1) is 10.2 Å². The molecule has 0 atom stereocenters. The van der Waals surface area contributed by atoms with Gasteiger partial charge in [-0.05, 0) is 12.1 Å². The quantitative estimate of drug-likeness (QED) is 0.485. The van der Waals surface area contributed by atoms with Crippen molar-refractivity contribution < 1.29 is 22.9 Å². The van der Waals surface area contributed by atoms with Gasteiger partial charge in [0.25, 0.3) is 0 Å². The van der Waals surface area contributed by atoms with Gasteiger partial charge in [0.1, 0.15) is 6.33 Å². The van der Waals surface area contributed by atoms with Crippen molar-refractivity contribution >= 4 is 21.7 Å². The molecule has 14 heteroatoms. The summed E-state index contributed by atoms with van der Waals surface area (Å²) in [6.45, 7) is 0.701. The molecule has 0 bridgehead atoms. The van der Waals surface area contributed by atoms with Gasteiger partial charge in [0.05, 0.1) is 23.5 Å². The molecule has 2 amide bonds. The van der Waals surface area contributed by atoms with Crippen LogP contribution in [0.2, 0.25) is 0 Å². The minimum absolute atomic E-state index is 0.0247. The van der Waals surface area contributed by atoms with Crippen molar-refractivity contribution in [3.05, 3.63) is 40.5 Å². The van der Waals surface area contributed by atoms with Gasteiger partial charge in [-0.25, -0.2) is 13.2 Å². The van der Waals surface area contributed by atoms with Crippen molar-refractivity contribution in [2.24, 2.45) is 7.05 Å². The van der Waals surface area contributed by atoms with E-state index in [1.165, 1.54) is 34.8 Å². The summed E-state index contributed by atoms with van der Waals surface area (Å²) in [7, 11) is -0.925. The van der Waals surface area contributed by atoms with Crippen LogP contribution in [0.4, 0.5) is 10.5 Å². The number of aromatic nitrogens is 3. The van der Waals surface area contributed by atoms with Gasteiger partial charge in [0.15, 0.2) is 11.6 Å². The smallest absolute Gasteiger partial charge is 0.317 e. The summed E-state index contributed by atoms with van der Waals surface area (Å²) in [6, 6.07) is 3.16. The summed E-state index contributed by atoms with van der Waals surface area (Å²) in [4.78, 5) is 24.1. The number of nitro groups is 1. The van der Waals surface area contributed by atoms with Gasteiger partial charge >= 0.3 is 11.7 Å². The highest BCUT2D eigenvalue weighted by Gasteiger charge is 2.32. The van der Waals surface area contributed by atoms with Gasteiger partial charge in [-0.2, -0.15) is 4.31 Å². The fourth-order valence-corrected chi connectivity index (χ4v) is 4.43. The number of nitrogens with one attached hydrogen (secondary N) is 1. The molecule has 1 aromatic heterocycles. The van der Waals surface area contributed by atoms with Crippen LogP contribution in [0, 0.1) is 10.1 Å². The minimum Gasteiger partial charge on any atom is -0.490 e. The van der Waals surface area contributed by atoms with Crippen LogP contribution < -0.4 is 10.1 Å². The van der Waals surface area contributed by atoms with E-state index in [4.69, 9.17) is 4.74 Å². The van der Waals surface area contributed by atoms with Crippen molar-refractivity contribution in [2.75, 3.05) is 33.3 Å². The number of hydrogen-bond acceptors (Lipinski definition) is 8. The number of nitrogens with zero attached hydrogens (tertiary/aromatic N) is 6. The molecule has 0 aliphatic carbocycles. The number of sulfonamides is 1. The largest absolute Gasteiger partial charge is 0.490 e. The maximum atomic E-state index is 12.9. The third-order valence-electron chi connectivity index (χ3n) is 4.71. The van der Waals surface area contributed by atoms with E-state index in [-0.39, 0.29) is 49.4 Å². The first-order chi connectivity index (χ1) is 14.2. The number of benzene rings is 1. The van der Waals surface area contributed by atoms with Crippen LogP contribution in [0.15, 0.2) is 29.4 Å². The first kappa shape index (κ1) is 21.4. The lowest BCUT2D eigenvalue weighted by molar-refractivity contribution is -0.386. The van der Waals surface area contributed by atoms with Gasteiger partial charge < -0.3 is 19.5 Å². The van der Waals surface area contributed by atoms with E-state index in [2.05, 4.69) is 15.5 Å². The number of rotatable bonds is 6. The highest BCUT2D eigenvalue weighted by molar-refractivity contribution is 7.89. The lowest BCUT2D eigenvalue weighted by atomic mass is 10.3. The van der Waals surface area contributed by atoms with Gasteiger partial charge in [0.2, 0.25) is 10.0 Å². The van der Waals surface area contributed by atoms with Crippen LogP contribution in [-0.2, 0) is 23.6 Å². The van der Waals surface area contributed by atoms with Crippen LogP contribution in [-0.4, -0.2) is 76.6 Å². The number of hydrogen-bond donors (Lipinski definition) is 1. The van der Waals surface area contributed by atoms with E-state index in [1.54, 1.807) is 11.6 Å². The topological polar surface area (TPSA) is 153 Å². The highest BCUT2D eigenvalue weighted by atomic mass is 32.2. The van der Waals surface area contributed by atoms with E-state index in [0.29, 0.717) is 5.82 Å². The molecule has 1 aliphatic rings. The third kappa shape index (κ3) is 4.33. The number of carbonyl (C=O) groups excluding carboxylic acids is 1. The monoisotopic (exact) mass is 439 g/mol. The lowest BCUT2D eigenvalue weighted by Gasteiger charge is -2.33. The Kier molecular flexibility index (Phi) is 6.17. The lowest BCUT2D eigenvalue weighted by Crippen LogP contribution is -2.53. The molecule has 0 saturated carbocycles. The second-order valence-corrected chi connectivity index (χ2v) is 8.44. The first-order valence-corrected chi connectivity index (χ1v) is 10.4. The van der Waals surface area contributed by atoms with Crippen molar-refractivity contribution in [3.63, 3.8) is 0 Å². The molecule has 1 saturated heterocycles. The Hall–Kier alpha value is -3.26. The number of aryl methyl sites for hydroxylation is 1. The van der Waals surface area contributed by atoms with Crippen molar-refractivity contribution in [1.29, 1.82) is 0 Å². The van der Waals surface area contributed by atoms with Crippen LogP contribution in [0.25, 0.3) is 0 Å². The zero-order chi connectivity index (χ0) is 21.9. The number of carbonyl (C=O) groups is 1. The number of ether oxygens (including phenoxy) is 1. The van der Waals surface area contributed by atoms with E-state index in [9.17, 15) is 23.3 Å². The molecular weight excluding hydrogens is 418 g/mol. The van der Waals surface area contributed by atoms with E-state index < -0.39 is 20.6 Å². The number of urea groups is 1. The van der Waals surface area contributed by atoms with E-state index in [1.807, 2.05) is 0 Å². The Morgan fingerprint density at radius 1 is 1.30 bits per heavy atom. The molecule has 162 valence electrons. The molecule has 0 unspecified atom stereocenters. The summed E-state index contributed by atoms with van der Waals surface area (Å²) in [5, 5.41) is 21.5. The standard InChI is InChI=1S/C16H21N7O6S/c1-20-11-18-19-15(20)10-17-16(24)21-5-7-22(8-6-21)30(27,28)12-3-4-14(29-2)13(9-12)23(25)26/h3-4,9,11H,5-8,10H2,1-2H3,(H,17,24). The van der Waals surface area contributed by atoms with Gasteiger partial charge in [0, 0.05) is 39.3 Å². The molecule has 0 radical (unpaired) electrons. The van der Waals surface area contributed by atoms with Crippen LogP contribution in [0.1, 0.15) is 5.82 Å². The molecule has 1 fully saturated rings. The second-order valence-electron chi connectivity index (χ2n) is 6.50. The van der Waals surface area contributed by atoms with Gasteiger partial charge in [-0.1, -0.05) is 0 Å². The van der Waals surface area contributed by atoms with Gasteiger partial charge in [-0.3, -0.25) is 10.1 Å². The Bertz CT molecular complexity index is 1050. The van der Waals surface area contributed by atoms with Crippen molar-refractivity contribution in [3.8, 4) is 5.75 Å². The van der Waals surface area contributed by atoms with E-state index >= 15 is 0 Å². The molecule has 1 N–H and O–H groups in total. The fraction of sp³-hybridized carbons (Fsp3) is 0.438. The third-order valence-corrected chi connectivity index (χ3v) is 6.61. The Morgan fingerprint density at radius 3 is 2.57 bits per heavy atom. The Labute approximate surface area is 172 Å². The molecule has 13 nitrogen and oxygen atoms in total. The van der Waals surface area contributed by atoms with E-state index in [0.717, 1.165) is 6.07 Å². The maximum Gasteiger partial charge on any atom is 0.317 e. The molecule has 2 heterocycles. The highest BCUT2D eigenvalue weighted by Crippen LogP contribution is 2.30. The first-order valence-electron chi connectivity index (χ1n) is 8.92. The molecule has 30 heavy (non-hydrogen) atoms. The molecule has 2 aromatic rings. The zero-order valence-corrected chi connectivity index (χ0v) is 17.2.